The van der Waals surface area contributed by atoms with Gasteiger partial charge in [0.05, 0.1) is 0 Å². The van der Waals surface area contributed by atoms with Crippen molar-refractivity contribution >= 4 is 34.8 Å². The van der Waals surface area contributed by atoms with Gasteiger partial charge in [-0.1, -0.05) is 120 Å². The zero-order valence-electron chi connectivity index (χ0n) is 33.7. The number of carboxylic acid groups (broad SMARTS) is 2. The summed E-state index contributed by atoms with van der Waals surface area (Å²) in [6.45, 7) is 9.81. The molecule has 3 radical (unpaired) electrons. The molecule has 12 nitrogen and oxygen atoms in total. The smallest absolute Gasteiger partial charge is 0.872 e. The van der Waals surface area contributed by atoms with Crippen LogP contribution in [0.4, 0.5) is 26.3 Å². The average molecular weight is 1030 g/mol. The number of benzene rings is 4. The molecule has 4 rings (SSSR count). The third-order valence-corrected chi connectivity index (χ3v) is 7.60. The van der Waals surface area contributed by atoms with Gasteiger partial charge in [0.1, 0.15) is 11.9 Å². The fourth-order valence-corrected chi connectivity index (χ4v) is 4.53. The number of aliphatic carboxylic acids is 2. The maximum absolute atomic E-state index is 11.7. The molecule has 63 heavy (non-hydrogen) atoms. The molecule has 0 aliphatic heterocycles. The summed E-state index contributed by atoms with van der Waals surface area (Å²) in [5.41, 5.74) is 5.59. The number of halogens is 6. The molecule has 4 aromatic rings. The number of aliphatic imine (C=N–C) groups is 4. The first kappa shape index (κ1) is 62.1. The molecule has 0 aliphatic carbocycles. The fourth-order valence-electron chi connectivity index (χ4n) is 4.53. The van der Waals surface area contributed by atoms with Crippen LogP contribution in [0.2, 0.25) is 0 Å². The van der Waals surface area contributed by atoms with E-state index in [0.29, 0.717) is 48.4 Å². The molecule has 21 heteroatoms. The summed E-state index contributed by atoms with van der Waals surface area (Å²) in [7, 11) is 0. The van der Waals surface area contributed by atoms with E-state index in [9.17, 15) is 46.8 Å². The molecule has 0 bridgehead atoms. The third kappa shape index (κ3) is 24.9. The van der Waals surface area contributed by atoms with Gasteiger partial charge in [-0.3, -0.25) is 20.0 Å². The summed E-state index contributed by atoms with van der Waals surface area (Å²) in [5, 5.41) is 64.4. The van der Waals surface area contributed by atoms with E-state index in [0.717, 1.165) is 35.7 Å². The molecule has 0 atom stereocenters. The monoisotopic (exact) mass is 1030 g/mol. The second-order valence-electron chi connectivity index (χ2n) is 12.1. The SMILES string of the molecule is CC(=NCCCN=C(C)c1ccccc1[O-])c1ccccc1[O-].CC(=NCCCN=C(C)c1ccccc1[O-])c1ccccc1[O-].O=C([O-])C(F)(F)F.O=C([O-])C(F)(F)F.[Cu+2].[Cu+2].[Cu+2]. The van der Waals surface area contributed by atoms with E-state index in [-0.39, 0.29) is 74.2 Å². The van der Waals surface area contributed by atoms with Crippen molar-refractivity contribution in [2.45, 2.75) is 52.9 Å². The summed E-state index contributed by atoms with van der Waals surface area (Å²) < 4.78 is 63.1. The molecule has 351 valence electrons. The normalized spacial score (nSPS) is 11.6. The molecule has 0 heterocycles. The van der Waals surface area contributed by atoms with Crippen molar-refractivity contribution in [3.8, 4) is 23.0 Å². The summed E-state index contributed by atoms with van der Waals surface area (Å²) in [5.74, 6) is -6.03. The van der Waals surface area contributed by atoms with Crippen LogP contribution < -0.4 is 30.6 Å². The van der Waals surface area contributed by atoms with Crippen LogP contribution in [0.1, 0.15) is 62.8 Å². The molecule has 0 fully saturated rings. The van der Waals surface area contributed by atoms with Gasteiger partial charge in [0, 0.05) is 49.0 Å². The average Bonchev–Trinajstić information content (AvgIpc) is 3.18. The largest absolute Gasteiger partial charge is 2.00 e. The van der Waals surface area contributed by atoms with Crippen molar-refractivity contribution in [1.82, 2.24) is 0 Å². The number of alkyl halides is 6. The zero-order valence-corrected chi connectivity index (χ0v) is 36.5. The van der Waals surface area contributed by atoms with Gasteiger partial charge in [-0.2, -0.15) is 26.3 Å². The number of carbonyl (C=O) groups excluding carboxylic acids is 2. The Kier molecular flexibility index (Phi) is 31.2. The van der Waals surface area contributed by atoms with Crippen LogP contribution >= 0.6 is 0 Å². The van der Waals surface area contributed by atoms with E-state index in [4.69, 9.17) is 19.8 Å². The Labute approximate surface area is 392 Å². The van der Waals surface area contributed by atoms with Gasteiger partial charge >= 0.3 is 63.6 Å². The Bertz CT molecular complexity index is 1860. The Balaban J connectivity index is -0.000000849. The number of hydrogen-bond acceptors (Lipinski definition) is 12. The van der Waals surface area contributed by atoms with E-state index in [1.165, 1.54) is 0 Å². The second kappa shape index (κ2) is 31.6. The van der Waals surface area contributed by atoms with Crippen LogP contribution in [0.15, 0.2) is 117 Å². The number of para-hydroxylation sites is 4. The van der Waals surface area contributed by atoms with Gasteiger partial charge in [0.2, 0.25) is 0 Å². The molecule has 0 N–H and O–H groups in total. The van der Waals surface area contributed by atoms with Crippen molar-refractivity contribution in [2.75, 3.05) is 26.2 Å². The van der Waals surface area contributed by atoms with Crippen molar-refractivity contribution in [2.24, 2.45) is 20.0 Å². The molecule has 0 aliphatic rings. The molecule has 0 saturated heterocycles. The van der Waals surface area contributed by atoms with E-state index in [2.05, 4.69) is 20.0 Å². The molecule has 0 spiro atoms. The molecule has 0 unspecified atom stereocenters. The predicted molar refractivity (Wildman–Crippen MR) is 203 cm³/mol. The van der Waals surface area contributed by atoms with Crippen molar-refractivity contribution < 1.29 is 118 Å². The first-order valence-corrected chi connectivity index (χ1v) is 17.7. The molecule has 4 aromatic carbocycles. The Morgan fingerprint density at radius 1 is 0.413 bits per heavy atom. The summed E-state index contributed by atoms with van der Waals surface area (Å²) >= 11 is 0. The molecule has 0 aromatic heterocycles. The topological polar surface area (TPSA) is 222 Å². The molecule has 0 amide bonds. The van der Waals surface area contributed by atoms with Gasteiger partial charge in [-0.15, -0.1) is 0 Å². The van der Waals surface area contributed by atoms with Gasteiger partial charge in [-0.25, -0.2) is 0 Å². The van der Waals surface area contributed by atoms with Crippen LogP contribution in [0.5, 0.6) is 23.0 Å². The summed E-state index contributed by atoms with van der Waals surface area (Å²) in [6, 6.07) is 27.6. The van der Waals surface area contributed by atoms with Crippen LogP contribution in [0, 0.1) is 0 Å². The second-order valence-corrected chi connectivity index (χ2v) is 12.1. The van der Waals surface area contributed by atoms with Crippen LogP contribution in [-0.4, -0.2) is 73.3 Å². The molecule has 0 saturated carbocycles. The van der Waals surface area contributed by atoms with Gasteiger partial charge < -0.3 is 40.2 Å². The predicted octanol–water partition coefficient (Wildman–Crippen LogP) is 3.67. The fraction of sp³-hybridized carbons (Fsp3) is 0.286. The van der Waals surface area contributed by atoms with E-state index < -0.39 is 24.3 Å². The first-order valence-electron chi connectivity index (χ1n) is 17.7. The van der Waals surface area contributed by atoms with Crippen molar-refractivity contribution in [3.63, 3.8) is 0 Å². The minimum atomic E-state index is -5.19. The van der Waals surface area contributed by atoms with Gasteiger partial charge in [-0.05, 0) is 62.8 Å². The first-order chi connectivity index (χ1) is 28.1. The minimum Gasteiger partial charge on any atom is -0.872 e. The minimum absolute atomic E-state index is 0. The van der Waals surface area contributed by atoms with Crippen molar-refractivity contribution in [3.05, 3.63) is 119 Å². The number of nitrogens with zero attached hydrogens (tertiary/aromatic N) is 4. The van der Waals surface area contributed by atoms with E-state index >= 15 is 0 Å². The van der Waals surface area contributed by atoms with E-state index in [1.54, 1.807) is 72.8 Å². The van der Waals surface area contributed by atoms with Crippen LogP contribution in [0.3, 0.4) is 0 Å². The summed E-state index contributed by atoms with van der Waals surface area (Å²) in [6.07, 6.45) is -8.84. The Hall–Kier alpha value is -5.16. The van der Waals surface area contributed by atoms with Gasteiger partial charge in [0.15, 0.2) is 0 Å². The Morgan fingerprint density at radius 2 is 0.571 bits per heavy atom. The quantitative estimate of drug-likeness (QED) is 0.0880. The number of rotatable bonds is 12. The van der Waals surface area contributed by atoms with Crippen LogP contribution in [-0.2, 0) is 60.8 Å². The maximum Gasteiger partial charge on any atom is 2.00 e. The molecular weight excluding hydrogens is 993 g/mol. The van der Waals surface area contributed by atoms with Gasteiger partial charge in [0.25, 0.3) is 0 Å². The molecular formula is C42H40Cu3F6N4O8. The maximum atomic E-state index is 11.7. The van der Waals surface area contributed by atoms with Crippen LogP contribution in [0.25, 0.3) is 0 Å². The third-order valence-electron chi connectivity index (χ3n) is 7.60. The van der Waals surface area contributed by atoms with E-state index in [1.807, 2.05) is 52.0 Å². The summed E-state index contributed by atoms with van der Waals surface area (Å²) in [4.78, 5) is 35.3. The Morgan fingerprint density at radius 3 is 0.714 bits per heavy atom. The number of carboxylic acids is 2. The number of hydrogen-bond donors (Lipinski definition) is 0. The number of carbonyl (C=O) groups is 2. The van der Waals surface area contributed by atoms with Crippen molar-refractivity contribution in [1.29, 1.82) is 0 Å². The standard InChI is InChI=1S/2C19H22N2O2.2C2HF3O2.3Cu/c2*1-14(16-8-3-5-10-18(16)22)20-12-7-13-21-15(2)17-9-4-6-11-19(17)23;2*3-2(4,5)1(6)7;;;/h2*3-6,8-11,22-23H,7,12-13H2,1-2H3;2*(H,6,7);;;/q;;;;3*+2/p-6. The zero-order chi connectivity index (χ0) is 45.5.